The normalized spacial score (nSPS) is 20.8. The van der Waals surface area contributed by atoms with E-state index in [1.807, 2.05) is 18.2 Å². The molecule has 2 nitrogen and oxygen atoms in total. The van der Waals surface area contributed by atoms with Gasteiger partial charge in [-0.25, -0.2) is 4.39 Å². The molecule has 0 spiro atoms. The molecular formula is C18H13FO2. The van der Waals surface area contributed by atoms with E-state index in [0.717, 1.165) is 12.0 Å². The van der Waals surface area contributed by atoms with Crippen LogP contribution in [0.4, 0.5) is 4.39 Å². The molecule has 0 radical (unpaired) electrons. The van der Waals surface area contributed by atoms with Crippen LogP contribution in [0, 0.1) is 11.7 Å². The molecule has 1 aliphatic rings. The predicted octanol–water partition coefficient (Wildman–Crippen LogP) is 4.37. The van der Waals surface area contributed by atoms with E-state index in [1.54, 1.807) is 6.07 Å². The van der Waals surface area contributed by atoms with Gasteiger partial charge >= 0.3 is 0 Å². The van der Waals surface area contributed by atoms with Crippen molar-refractivity contribution >= 4 is 21.9 Å². The van der Waals surface area contributed by atoms with Crippen LogP contribution in [0.3, 0.4) is 0 Å². The highest BCUT2D eigenvalue weighted by Gasteiger charge is 2.35. The summed E-state index contributed by atoms with van der Waals surface area (Å²) in [6.45, 7) is 3.81. The average molecular weight is 280 g/mol. The summed E-state index contributed by atoms with van der Waals surface area (Å²) in [6.07, 6.45) is 3.04. The largest absolute Gasteiger partial charge is 0.456 e. The highest BCUT2D eigenvalue weighted by Crippen LogP contribution is 2.48. The van der Waals surface area contributed by atoms with Gasteiger partial charge in [-0.15, -0.1) is 6.58 Å². The van der Waals surface area contributed by atoms with Gasteiger partial charge in [0.15, 0.2) is 0 Å². The maximum absolute atomic E-state index is 13.3. The molecule has 104 valence electrons. The van der Waals surface area contributed by atoms with E-state index in [1.165, 1.54) is 18.2 Å². The average Bonchev–Trinajstić information content (AvgIpc) is 3.26. The van der Waals surface area contributed by atoms with Crippen LogP contribution in [0.2, 0.25) is 0 Å². The molecule has 1 fully saturated rings. The molecule has 1 aliphatic carbocycles. The minimum absolute atomic E-state index is 0.107. The quantitative estimate of drug-likeness (QED) is 0.515. The maximum atomic E-state index is 13.3. The highest BCUT2D eigenvalue weighted by atomic mass is 19.1. The zero-order valence-electron chi connectivity index (χ0n) is 11.3. The van der Waals surface area contributed by atoms with Crippen LogP contribution in [0.1, 0.15) is 17.9 Å². The zero-order valence-corrected chi connectivity index (χ0v) is 11.3. The zero-order chi connectivity index (χ0) is 14.6. The third kappa shape index (κ3) is 1.88. The number of halogens is 1. The molecule has 0 amide bonds. The first-order chi connectivity index (χ1) is 10.2. The second-order valence-electron chi connectivity index (χ2n) is 5.57. The first-order valence-electron chi connectivity index (χ1n) is 6.96. The molecule has 3 aromatic rings. The van der Waals surface area contributed by atoms with Gasteiger partial charge in [0, 0.05) is 6.07 Å². The van der Waals surface area contributed by atoms with Crippen LogP contribution in [0.25, 0.3) is 21.9 Å². The summed E-state index contributed by atoms with van der Waals surface area (Å²) < 4.78 is 18.9. The first-order valence-corrected chi connectivity index (χ1v) is 6.96. The molecular weight excluding hydrogens is 267 g/mol. The van der Waals surface area contributed by atoms with Crippen LogP contribution in [0.5, 0.6) is 0 Å². The van der Waals surface area contributed by atoms with Crippen molar-refractivity contribution in [2.45, 2.75) is 12.3 Å². The van der Waals surface area contributed by atoms with Crippen LogP contribution in [0.15, 0.2) is 58.3 Å². The standard InChI is InChI=1S/C18H13FO2/c1-2-10-7-14(10)11-3-6-16-15(8-11)18(20)13-5-4-12(19)9-17(13)21-16/h2-6,8-10,14H,1,7H2. The molecule has 2 atom stereocenters. The summed E-state index contributed by atoms with van der Waals surface area (Å²) in [7, 11) is 0. The minimum atomic E-state index is -0.409. The minimum Gasteiger partial charge on any atom is -0.456 e. The van der Waals surface area contributed by atoms with Gasteiger partial charge in [-0.2, -0.15) is 0 Å². The SMILES string of the molecule is C=CC1CC1c1ccc2oc3cc(F)ccc3c(=O)c2c1. The summed E-state index contributed by atoms with van der Waals surface area (Å²) in [5.74, 6) is 0.549. The number of allylic oxidation sites excluding steroid dienone is 1. The van der Waals surface area contributed by atoms with E-state index in [0.29, 0.717) is 28.2 Å². The summed E-state index contributed by atoms with van der Waals surface area (Å²) in [5, 5.41) is 0.971. The Morgan fingerprint density at radius 2 is 2.00 bits per heavy atom. The van der Waals surface area contributed by atoms with Gasteiger partial charge in [0.05, 0.1) is 10.8 Å². The number of rotatable bonds is 2. The highest BCUT2D eigenvalue weighted by molar-refractivity contribution is 5.90. The molecule has 2 unspecified atom stereocenters. The topological polar surface area (TPSA) is 30.2 Å². The fraction of sp³-hybridized carbons (Fsp3) is 0.167. The van der Waals surface area contributed by atoms with Crippen molar-refractivity contribution in [3.05, 3.63) is 70.7 Å². The molecule has 1 aromatic heterocycles. The lowest BCUT2D eigenvalue weighted by atomic mass is 10.0. The smallest absolute Gasteiger partial charge is 0.200 e. The number of hydrogen-bond acceptors (Lipinski definition) is 2. The Kier molecular flexibility index (Phi) is 2.52. The van der Waals surface area contributed by atoms with Gasteiger partial charge < -0.3 is 4.42 Å². The summed E-state index contributed by atoms with van der Waals surface area (Å²) in [5.41, 5.74) is 1.82. The van der Waals surface area contributed by atoms with Crippen molar-refractivity contribution in [1.82, 2.24) is 0 Å². The van der Waals surface area contributed by atoms with Crippen LogP contribution in [-0.4, -0.2) is 0 Å². The molecule has 0 saturated heterocycles. The van der Waals surface area contributed by atoms with Gasteiger partial charge in [-0.05, 0) is 48.1 Å². The van der Waals surface area contributed by atoms with Crippen LogP contribution < -0.4 is 5.43 Å². The summed E-state index contributed by atoms with van der Waals surface area (Å²) >= 11 is 0. The van der Waals surface area contributed by atoms with Gasteiger partial charge in [-0.1, -0.05) is 12.1 Å². The van der Waals surface area contributed by atoms with Crippen molar-refractivity contribution in [2.24, 2.45) is 5.92 Å². The Morgan fingerprint density at radius 3 is 2.76 bits per heavy atom. The lowest BCUT2D eigenvalue weighted by Gasteiger charge is -2.04. The molecule has 3 heteroatoms. The number of fused-ring (bicyclic) bond motifs is 2. The van der Waals surface area contributed by atoms with E-state index in [9.17, 15) is 9.18 Å². The molecule has 0 N–H and O–H groups in total. The lowest BCUT2D eigenvalue weighted by Crippen LogP contribution is -2.02. The predicted molar refractivity (Wildman–Crippen MR) is 81.0 cm³/mol. The van der Waals surface area contributed by atoms with Gasteiger partial charge in [0.25, 0.3) is 0 Å². The van der Waals surface area contributed by atoms with Crippen molar-refractivity contribution in [2.75, 3.05) is 0 Å². The third-order valence-electron chi connectivity index (χ3n) is 4.23. The van der Waals surface area contributed by atoms with E-state index in [2.05, 4.69) is 6.58 Å². The molecule has 0 bridgehead atoms. The Morgan fingerprint density at radius 1 is 1.14 bits per heavy atom. The first kappa shape index (κ1) is 12.3. The van der Waals surface area contributed by atoms with Crippen molar-refractivity contribution in [1.29, 1.82) is 0 Å². The molecule has 2 aromatic carbocycles. The second kappa shape index (κ2) is 4.29. The summed E-state index contributed by atoms with van der Waals surface area (Å²) in [6, 6.07) is 9.69. The lowest BCUT2D eigenvalue weighted by molar-refractivity contribution is 0.615. The Balaban J connectivity index is 1.97. The maximum Gasteiger partial charge on any atom is 0.200 e. The van der Waals surface area contributed by atoms with Gasteiger partial charge in [0.1, 0.15) is 17.0 Å². The van der Waals surface area contributed by atoms with Crippen molar-refractivity contribution in [3.63, 3.8) is 0 Å². The monoisotopic (exact) mass is 280 g/mol. The Bertz CT molecular complexity index is 939. The number of benzene rings is 2. The van der Waals surface area contributed by atoms with E-state index in [4.69, 9.17) is 4.42 Å². The fourth-order valence-corrected chi connectivity index (χ4v) is 2.93. The van der Waals surface area contributed by atoms with E-state index >= 15 is 0 Å². The second-order valence-corrected chi connectivity index (χ2v) is 5.57. The molecule has 21 heavy (non-hydrogen) atoms. The van der Waals surface area contributed by atoms with Crippen molar-refractivity contribution in [3.8, 4) is 0 Å². The molecule has 0 aliphatic heterocycles. The Hall–Kier alpha value is -2.42. The van der Waals surface area contributed by atoms with Crippen LogP contribution >= 0.6 is 0 Å². The molecule has 4 rings (SSSR count). The van der Waals surface area contributed by atoms with Gasteiger partial charge in [0.2, 0.25) is 5.43 Å². The van der Waals surface area contributed by atoms with E-state index in [-0.39, 0.29) is 11.0 Å². The number of hydrogen-bond donors (Lipinski definition) is 0. The third-order valence-corrected chi connectivity index (χ3v) is 4.23. The Labute approximate surface area is 120 Å². The van der Waals surface area contributed by atoms with Gasteiger partial charge in [-0.3, -0.25) is 4.79 Å². The van der Waals surface area contributed by atoms with Crippen LogP contribution in [-0.2, 0) is 0 Å². The fourth-order valence-electron chi connectivity index (χ4n) is 2.93. The molecule has 1 heterocycles. The van der Waals surface area contributed by atoms with Crippen molar-refractivity contribution < 1.29 is 8.81 Å². The van der Waals surface area contributed by atoms with E-state index < -0.39 is 5.82 Å². The summed E-state index contributed by atoms with van der Waals surface area (Å²) in [4.78, 5) is 12.5. The molecule has 1 saturated carbocycles.